The van der Waals surface area contributed by atoms with Crippen molar-refractivity contribution in [2.45, 2.75) is 5.60 Å². The van der Waals surface area contributed by atoms with E-state index in [0.717, 1.165) is 27.8 Å². The van der Waals surface area contributed by atoms with Gasteiger partial charge in [0.25, 0.3) is 0 Å². The molecule has 3 heteroatoms. The molecule has 3 aromatic rings. The lowest BCUT2D eigenvalue weighted by Crippen LogP contribution is -2.26. The van der Waals surface area contributed by atoms with Gasteiger partial charge in [0.2, 0.25) is 0 Å². The Hall–Kier alpha value is -2.78. The first-order valence-electron chi connectivity index (χ1n) is 7.84. The van der Waals surface area contributed by atoms with Crippen LogP contribution in [0, 0.1) is 0 Å². The van der Waals surface area contributed by atoms with Crippen LogP contribution in [0.2, 0.25) is 0 Å². The number of ether oxygens (including phenoxy) is 2. The summed E-state index contributed by atoms with van der Waals surface area (Å²) in [6, 6.07) is 21.5. The lowest BCUT2D eigenvalue weighted by Gasteiger charge is -2.27. The van der Waals surface area contributed by atoms with Gasteiger partial charge >= 0.3 is 0 Å². The molecule has 24 heavy (non-hydrogen) atoms. The molecule has 0 unspecified atom stereocenters. The highest BCUT2D eigenvalue weighted by Gasteiger charge is 2.43. The van der Waals surface area contributed by atoms with Crippen molar-refractivity contribution in [1.29, 1.82) is 0 Å². The van der Waals surface area contributed by atoms with Crippen LogP contribution >= 0.6 is 0 Å². The smallest absolute Gasteiger partial charge is 0.142 e. The molecule has 0 atom stereocenters. The van der Waals surface area contributed by atoms with Crippen LogP contribution in [0.4, 0.5) is 0 Å². The van der Waals surface area contributed by atoms with E-state index in [1.165, 1.54) is 0 Å². The number of aliphatic hydroxyl groups is 1. The molecule has 120 valence electrons. The van der Waals surface area contributed by atoms with Gasteiger partial charge in [0.05, 0.1) is 14.2 Å². The predicted octanol–water partition coefficient (Wildman–Crippen LogP) is 3.97. The second kappa shape index (κ2) is 5.39. The van der Waals surface area contributed by atoms with Crippen molar-refractivity contribution in [3.8, 4) is 22.6 Å². The van der Waals surface area contributed by atoms with E-state index >= 15 is 0 Å². The molecular weight excluding hydrogens is 300 g/mol. The van der Waals surface area contributed by atoms with Crippen molar-refractivity contribution in [2.75, 3.05) is 14.2 Å². The van der Waals surface area contributed by atoms with Gasteiger partial charge in [-0.1, -0.05) is 48.5 Å². The number of benzene rings is 3. The summed E-state index contributed by atoms with van der Waals surface area (Å²) in [7, 11) is 3.22. The van der Waals surface area contributed by atoms with Gasteiger partial charge in [0.1, 0.15) is 17.1 Å². The number of methoxy groups -OCH3 is 2. The SMILES string of the molecule is COc1cc(OC)cc(C2(O)c3ccccc3-c3ccccc32)c1. The van der Waals surface area contributed by atoms with Crippen molar-refractivity contribution >= 4 is 0 Å². The van der Waals surface area contributed by atoms with Crippen molar-refractivity contribution in [3.05, 3.63) is 83.4 Å². The van der Waals surface area contributed by atoms with Gasteiger partial charge in [0.15, 0.2) is 0 Å². The molecule has 4 rings (SSSR count). The zero-order valence-corrected chi connectivity index (χ0v) is 13.6. The quantitative estimate of drug-likeness (QED) is 0.794. The Morgan fingerprint density at radius 3 is 1.62 bits per heavy atom. The second-order valence-corrected chi connectivity index (χ2v) is 5.90. The molecule has 0 fully saturated rings. The lowest BCUT2D eigenvalue weighted by atomic mass is 9.84. The Morgan fingerprint density at radius 1 is 0.708 bits per heavy atom. The molecule has 0 spiro atoms. The first-order chi connectivity index (χ1) is 11.7. The highest BCUT2D eigenvalue weighted by atomic mass is 16.5. The molecule has 3 aromatic carbocycles. The summed E-state index contributed by atoms with van der Waals surface area (Å²) in [6.45, 7) is 0. The lowest BCUT2D eigenvalue weighted by molar-refractivity contribution is 0.130. The van der Waals surface area contributed by atoms with E-state index in [9.17, 15) is 5.11 Å². The molecule has 0 heterocycles. The third kappa shape index (κ3) is 1.95. The standard InChI is InChI=1S/C21H18O3/c1-23-15-11-14(12-16(13-15)24-2)21(22)19-9-5-3-7-17(19)18-8-4-6-10-20(18)21/h3-13,22H,1-2H3. The fraction of sp³-hybridized carbons (Fsp3) is 0.143. The van der Waals surface area contributed by atoms with Gasteiger partial charge in [-0.2, -0.15) is 0 Å². The van der Waals surface area contributed by atoms with Crippen LogP contribution in [0.25, 0.3) is 11.1 Å². The summed E-state index contributed by atoms with van der Waals surface area (Å²) in [6.07, 6.45) is 0. The Balaban J connectivity index is 2.04. The topological polar surface area (TPSA) is 38.7 Å². The summed E-state index contributed by atoms with van der Waals surface area (Å²) in [5.41, 5.74) is 3.36. The van der Waals surface area contributed by atoms with Gasteiger partial charge in [0, 0.05) is 17.2 Å². The number of rotatable bonds is 3. The minimum absolute atomic E-state index is 0.652. The Morgan fingerprint density at radius 2 is 1.17 bits per heavy atom. The number of hydrogen-bond donors (Lipinski definition) is 1. The average Bonchev–Trinajstić information content (AvgIpc) is 2.92. The highest BCUT2D eigenvalue weighted by molar-refractivity contribution is 5.82. The third-order valence-corrected chi connectivity index (χ3v) is 4.69. The molecule has 0 radical (unpaired) electrons. The maximum atomic E-state index is 11.8. The minimum Gasteiger partial charge on any atom is -0.497 e. The highest BCUT2D eigenvalue weighted by Crippen LogP contribution is 2.51. The van der Waals surface area contributed by atoms with Gasteiger partial charge in [-0.15, -0.1) is 0 Å². The maximum absolute atomic E-state index is 11.8. The van der Waals surface area contributed by atoms with Crippen LogP contribution in [0.3, 0.4) is 0 Å². The molecule has 0 bridgehead atoms. The van der Waals surface area contributed by atoms with Crippen LogP contribution in [0.5, 0.6) is 11.5 Å². The minimum atomic E-state index is -1.23. The van der Waals surface area contributed by atoms with Crippen LogP contribution < -0.4 is 9.47 Å². The Bertz CT molecular complexity index is 847. The predicted molar refractivity (Wildman–Crippen MR) is 93.5 cm³/mol. The summed E-state index contributed by atoms with van der Waals surface area (Å²) >= 11 is 0. The van der Waals surface area contributed by atoms with Crippen molar-refractivity contribution < 1.29 is 14.6 Å². The second-order valence-electron chi connectivity index (χ2n) is 5.90. The van der Waals surface area contributed by atoms with Crippen LogP contribution in [-0.2, 0) is 5.60 Å². The molecule has 3 nitrogen and oxygen atoms in total. The fourth-order valence-electron chi connectivity index (χ4n) is 3.54. The first-order valence-corrected chi connectivity index (χ1v) is 7.84. The number of hydrogen-bond acceptors (Lipinski definition) is 3. The van der Waals surface area contributed by atoms with Gasteiger partial charge < -0.3 is 14.6 Å². The van der Waals surface area contributed by atoms with Crippen LogP contribution in [0.1, 0.15) is 16.7 Å². The summed E-state index contributed by atoms with van der Waals surface area (Å²) in [5.74, 6) is 1.30. The molecule has 0 amide bonds. The van der Waals surface area contributed by atoms with Crippen LogP contribution in [0.15, 0.2) is 66.7 Å². The molecule has 0 saturated carbocycles. The van der Waals surface area contributed by atoms with E-state index in [0.29, 0.717) is 11.5 Å². The molecule has 0 saturated heterocycles. The Labute approximate surface area is 141 Å². The normalized spacial score (nSPS) is 14.0. The molecule has 1 N–H and O–H groups in total. The van der Waals surface area contributed by atoms with Crippen molar-refractivity contribution in [1.82, 2.24) is 0 Å². The van der Waals surface area contributed by atoms with Crippen molar-refractivity contribution in [2.24, 2.45) is 0 Å². The van der Waals surface area contributed by atoms with Gasteiger partial charge in [-0.05, 0) is 28.8 Å². The van der Waals surface area contributed by atoms with E-state index in [4.69, 9.17) is 9.47 Å². The summed E-state index contributed by atoms with van der Waals surface area (Å²) < 4.78 is 10.8. The van der Waals surface area contributed by atoms with E-state index in [1.807, 2.05) is 60.7 Å². The van der Waals surface area contributed by atoms with Gasteiger partial charge in [-0.25, -0.2) is 0 Å². The maximum Gasteiger partial charge on any atom is 0.142 e. The number of fused-ring (bicyclic) bond motifs is 3. The Kier molecular flexibility index (Phi) is 3.32. The molecule has 0 aliphatic heterocycles. The van der Waals surface area contributed by atoms with E-state index in [1.54, 1.807) is 20.3 Å². The zero-order valence-electron chi connectivity index (χ0n) is 13.6. The zero-order chi connectivity index (χ0) is 16.7. The fourth-order valence-corrected chi connectivity index (χ4v) is 3.54. The van der Waals surface area contributed by atoms with Crippen molar-refractivity contribution in [3.63, 3.8) is 0 Å². The largest absolute Gasteiger partial charge is 0.497 e. The molecule has 0 aromatic heterocycles. The molecule has 1 aliphatic rings. The summed E-state index contributed by atoms with van der Waals surface area (Å²) in [4.78, 5) is 0. The molecular formula is C21H18O3. The van der Waals surface area contributed by atoms with E-state index in [-0.39, 0.29) is 0 Å². The average molecular weight is 318 g/mol. The van der Waals surface area contributed by atoms with E-state index in [2.05, 4.69) is 0 Å². The monoisotopic (exact) mass is 318 g/mol. The van der Waals surface area contributed by atoms with Crippen LogP contribution in [-0.4, -0.2) is 19.3 Å². The van der Waals surface area contributed by atoms with E-state index < -0.39 is 5.60 Å². The third-order valence-electron chi connectivity index (χ3n) is 4.69. The molecule has 1 aliphatic carbocycles. The first kappa shape index (κ1) is 14.8. The van der Waals surface area contributed by atoms with Gasteiger partial charge in [-0.3, -0.25) is 0 Å². The summed E-state index contributed by atoms with van der Waals surface area (Å²) in [5, 5.41) is 11.8.